The summed E-state index contributed by atoms with van der Waals surface area (Å²) >= 11 is 2.94. The molecule has 0 aromatic heterocycles. The van der Waals surface area contributed by atoms with E-state index < -0.39 is 0 Å². The van der Waals surface area contributed by atoms with Crippen LogP contribution in [0.4, 0.5) is 0 Å². The second-order valence-electron chi connectivity index (χ2n) is 4.90. The summed E-state index contributed by atoms with van der Waals surface area (Å²) in [6.07, 6.45) is 3.32. The number of carbonyl (C=O) groups is 1. The van der Waals surface area contributed by atoms with Crippen LogP contribution in [0.15, 0.2) is 0 Å². The van der Waals surface area contributed by atoms with E-state index in [1.807, 2.05) is 0 Å². The second kappa shape index (κ2) is 2.99. The molecule has 14 heavy (non-hydrogen) atoms. The predicted octanol–water partition coefficient (Wildman–Crippen LogP) is -1.05. The zero-order valence-electron chi connectivity index (χ0n) is 8.06. The number of hydrogen-bond acceptors (Lipinski definition) is 2. The van der Waals surface area contributed by atoms with Gasteiger partial charge in [0.15, 0.2) is 0 Å². The summed E-state index contributed by atoms with van der Waals surface area (Å²) < 4.78 is 6.72. The Labute approximate surface area is 108 Å². The van der Waals surface area contributed by atoms with E-state index in [4.69, 9.17) is 4.74 Å². The summed E-state index contributed by atoms with van der Waals surface area (Å²) in [7, 11) is 0. The molecular weight excluding hydrogens is 406 g/mol. The van der Waals surface area contributed by atoms with Crippen molar-refractivity contribution in [1.29, 1.82) is 0 Å². The molecule has 1 saturated carbocycles. The van der Waals surface area contributed by atoms with Gasteiger partial charge in [0.05, 0.1) is 0 Å². The molecule has 0 N–H and O–H groups in total. The molecule has 3 rings (SSSR count). The average molecular weight is 419 g/mol. The first-order chi connectivity index (χ1) is 6.58. The molecule has 3 fully saturated rings. The van der Waals surface area contributed by atoms with Crippen LogP contribution in [0.1, 0.15) is 26.2 Å². The molecule has 2 spiro atoms. The first-order valence-corrected chi connectivity index (χ1v) is 8.59. The Hall–Kier alpha value is 0.930. The van der Waals surface area contributed by atoms with Gasteiger partial charge in [-0.15, -0.1) is 0 Å². The first-order valence-electron chi connectivity index (χ1n) is 5.02. The molecule has 0 aromatic carbocycles. The van der Waals surface area contributed by atoms with Crippen LogP contribution in [0.5, 0.6) is 0 Å². The van der Waals surface area contributed by atoms with E-state index in [-0.39, 0.29) is 11.4 Å². The van der Waals surface area contributed by atoms with E-state index in [0.717, 1.165) is 20.9 Å². The Morgan fingerprint density at radius 1 is 1.57 bits per heavy atom. The third-order valence-electron chi connectivity index (χ3n) is 3.85. The summed E-state index contributed by atoms with van der Waals surface area (Å²) in [5, 5.41) is 0. The van der Waals surface area contributed by atoms with Gasteiger partial charge in [-0.25, -0.2) is 0 Å². The van der Waals surface area contributed by atoms with E-state index in [0.29, 0.717) is 24.6 Å². The molecular formula is C10H13I2O2-. The number of esters is 1. The van der Waals surface area contributed by atoms with E-state index in [9.17, 15) is 4.79 Å². The predicted molar refractivity (Wildman–Crippen MR) is 56.9 cm³/mol. The molecule has 1 aliphatic carbocycles. The summed E-state index contributed by atoms with van der Waals surface area (Å²) in [4.78, 5) is 11.3. The first kappa shape index (κ1) is 10.1. The standard InChI is InChI=1S/C10H13I2O2/c1-6-2-9(4-7(13)14-5-9)10(3-6)8(11)12-10/h6,8H,2-5H2,1H3/q-1. The van der Waals surface area contributed by atoms with E-state index in [1.165, 1.54) is 12.8 Å². The fraction of sp³-hybridized carbons (Fsp3) is 0.900. The molecule has 80 valence electrons. The van der Waals surface area contributed by atoms with Crippen molar-refractivity contribution in [3.8, 4) is 0 Å². The molecule has 2 saturated heterocycles. The molecule has 0 amide bonds. The number of alkyl halides is 3. The van der Waals surface area contributed by atoms with Gasteiger partial charge in [-0.1, -0.05) is 0 Å². The van der Waals surface area contributed by atoms with E-state index in [2.05, 4.69) is 29.5 Å². The van der Waals surface area contributed by atoms with E-state index in [1.54, 1.807) is 0 Å². The van der Waals surface area contributed by atoms with Crippen LogP contribution in [0.25, 0.3) is 0 Å². The molecule has 0 bridgehead atoms. The Kier molecular flexibility index (Phi) is 2.16. The molecule has 2 heterocycles. The fourth-order valence-corrected chi connectivity index (χ4v) is 10.9. The molecule has 2 aliphatic heterocycles. The molecule has 4 atom stereocenters. The molecule has 4 unspecified atom stereocenters. The fourth-order valence-electron chi connectivity index (χ4n) is 3.25. The molecule has 2 nitrogen and oxygen atoms in total. The summed E-state index contributed by atoms with van der Waals surface area (Å²) in [5.41, 5.74) is 0.280. The van der Waals surface area contributed by atoms with Crippen LogP contribution in [-0.4, -0.2) is 17.9 Å². The van der Waals surface area contributed by atoms with Crippen LogP contribution in [0.3, 0.4) is 0 Å². The Bertz CT molecular complexity index is 306. The summed E-state index contributed by atoms with van der Waals surface area (Å²) in [5.74, 6) is 0.863. The van der Waals surface area contributed by atoms with Gasteiger partial charge in [0.2, 0.25) is 0 Å². The van der Waals surface area contributed by atoms with Crippen LogP contribution in [0, 0.1) is 11.3 Å². The van der Waals surface area contributed by atoms with Gasteiger partial charge >= 0.3 is 109 Å². The van der Waals surface area contributed by atoms with Crippen molar-refractivity contribution in [2.75, 3.05) is 6.61 Å². The topological polar surface area (TPSA) is 26.3 Å². The number of hydrogen-bond donors (Lipinski definition) is 0. The zero-order chi connectivity index (χ0) is 9.97. The monoisotopic (exact) mass is 419 g/mol. The van der Waals surface area contributed by atoms with E-state index >= 15 is 0 Å². The van der Waals surface area contributed by atoms with Crippen LogP contribution >= 0.6 is 22.6 Å². The number of ether oxygens (including phenoxy) is 1. The van der Waals surface area contributed by atoms with Gasteiger partial charge < -0.3 is 0 Å². The van der Waals surface area contributed by atoms with Crippen molar-refractivity contribution in [2.45, 2.75) is 31.5 Å². The van der Waals surface area contributed by atoms with Gasteiger partial charge in [0.1, 0.15) is 0 Å². The number of carbonyl (C=O) groups excluding carboxylic acids is 1. The minimum absolute atomic E-state index is 0.0537. The number of halogens is 2. The van der Waals surface area contributed by atoms with Crippen LogP contribution in [-0.2, 0) is 9.53 Å². The normalized spacial score (nSPS) is 56.3. The van der Waals surface area contributed by atoms with Gasteiger partial charge in [-0.3, -0.25) is 0 Å². The third-order valence-corrected chi connectivity index (χ3v) is 11.9. The van der Waals surface area contributed by atoms with Crippen molar-refractivity contribution < 1.29 is 30.7 Å². The van der Waals surface area contributed by atoms with Gasteiger partial charge in [0.25, 0.3) is 0 Å². The number of cyclic esters (lactones) is 1. The minimum atomic E-state index is 0.0537. The quantitative estimate of drug-likeness (QED) is 0.285. The maximum atomic E-state index is 11.3. The van der Waals surface area contributed by atoms with Crippen molar-refractivity contribution >= 4 is 28.6 Å². The van der Waals surface area contributed by atoms with Crippen molar-refractivity contribution in [3.05, 3.63) is 0 Å². The third kappa shape index (κ3) is 1.15. The maximum absolute atomic E-state index is 11.3. The van der Waals surface area contributed by atoms with Crippen molar-refractivity contribution in [3.63, 3.8) is 0 Å². The summed E-state index contributed by atoms with van der Waals surface area (Å²) in [6, 6.07) is 0. The Morgan fingerprint density at radius 2 is 2.29 bits per heavy atom. The SMILES string of the molecule is CC1CC2(COC(=O)C2)C2(C1)[I-]C2I. The van der Waals surface area contributed by atoms with Crippen molar-refractivity contribution in [2.24, 2.45) is 11.3 Å². The number of fused-ring (bicyclic) bond motifs is 1. The van der Waals surface area contributed by atoms with Crippen LogP contribution < -0.4 is 21.2 Å². The summed E-state index contributed by atoms with van der Waals surface area (Å²) in [6.45, 7) is 3.07. The van der Waals surface area contributed by atoms with Gasteiger partial charge in [-0.05, 0) is 0 Å². The Morgan fingerprint density at radius 3 is 2.79 bits per heavy atom. The second-order valence-corrected chi connectivity index (χ2v) is 12.3. The van der Waals surface area contributed by atoms with Gasteiger partial charge in [-0.2, -0.15) is 0 Å². The molecule has 4 heteroatoms. The van der Waals surface area contributed by atoms with Crippen molar-refractivity contribution in [1.82, 2.24) is 0 Å². The molecule has 0 aromatic rings. The Balaban J connectivity index is 1.95. The van der Waals surface area contributed by atoms with Crippen LogP contribution in [0.2, 0.25) is 0 Å². The zero-order valence-corrected chi connectivity index (χ0v) is 12.4. The average Bonchev–Trinajstić information content (AvgIpc) is 2.51. The number of rotatable bonds is 0. The van der Waals surface area contributed by atoms with Gasteiger partial charge in [0, 0.05) is 0 Å². The molecule has 3 aliphatic rings. The molecule has 0 radical (unpaired) electrons.